The minimum Gasteiger partial charge on any atom is -0.469 e. The van der Waals surface area contributed by atoms with Crippen molar-refractivity contribution >= 4 is 33.1 Å². The minimum atomic E-state index is -3.89. The number of carbonyl (C=O) groups is 2. The number of carbonyl (C=O) groups excluding carboxylic acids is 2. The Morgan fingerprint density at radius 1 is 1.12 bits per heavy atom. The minimum absolute atomic E-state index is 0.0287. The number of aromatic nitrogens is 2. The summed E-state index contributed by atoms with van der Waals surface area (Å²) in [6.07, 6.45) is 7.88. The van der Waals surface area contributed by atoms with Gasteiger partial charge in [0.1, 0.15) is 17.1 Å². The van der Waals surface area contributed by atoms with E-state index in [9.17, 15) is 18.0 Å². The van der Waals surface area contributed by atoms with Gasteiger partial charge >= 0.3 is 12.1 Å². The van der Waals surface area contributed by atoms with Crippen LogP contribution in [-0.4, -0.2) is 48.7 Å². The van der Waals surface area contributed by atoms with Gasteiger partial charge in [0, 0.05) is 18.9 Å². The summed E-state index contributed by atoms with van der Waals surface area (Å²) < 4.78 is 44.2. The van der Waals surface area contributed by atoms with E-state index in [1.165, 1.54) is 19.5 Å². The molecule has 0 aliphatic carbocycles. The van der Waals surface area contributed by atoms with Crippen molar-refractivity contribution in [3.05, 3.63) is 90.0 Å². The number of methoxy groups -OCH3 is 1. The molecule has 1 amide bonds. The van der Waals surface area contributed by atoms with Gasteiger partial charge in [0.25, 0.3) is 10.0 Å². The molecule has 2 heterocycles. The highest BCUT2D eigenvalue weighted by atomic mass is 32.2. The fourth-order valence-corrected chi connectivity index (χ4v) is 5.60. The van der Waals surface area contributed by atoms with Crippen LogP contribution in [0.2, 0.25) is 0 Å². The smallest absolute Gasteiger partial charge is 0.407 e. The molecule has 0 radical (unpaired) electrons. The molecule has 0 aliphatic heterocycles. The molecule has 0 spiro atoms. The van der Waals surface area contributed by atoms with Crippen molar-refractivity contribution in [1.29, 1.82) is 0 Å². The lowest BCUT2D eigenvalue weighted by Crippen LogP contribution is -2.37. The third-order valence-corrected chi connectivity index (χ3v) is 8.05. The first kappa shape index (κ1) is 33.1. The molecule has 10 nitrogen and oxygen atoms in total. The van der Waals surface area contributed by atoms with Crippen molar-refractivity contribution in [3.8, 4) is 5.75 Å². The molecule has 3 rings (SSSR count). The van der Waals surface area contributed by atoms with Gasteiger partial charge in [-0.3, -0.25) is 4.79 Å². The molecule has 0 saturated carbocycles. The number of allylic oxidation sites excluding steroid dienone is 4. The van der Waals surface area contributed by atoms with E-state index in [0.717, 1.165) is 15.1 Å². The fourth-order valence-electron chi connectivity index (χ4n) is 4.23. The van der Waals surface area contributed by atoms with Crippen molar-refractivity contribution in [1.82, 2.24) is 14.3 Å². The zero-order valence-electron chi connectivity index (χ0n) is 25.6. The van der Waals surface area contributed by atoms with Crippen LogP contribution in [0.25, 0.3) is 11.0 Å². The molecular formula is C32H39N3O7S. The number of rotatable bonds is 11. The number of amides is 1. The number of nitrogens with one attached hydrogen (secondary N) is 1. The predicted molar refractivity (Wildman–Crippen MR) is 165 cm³/mol. The topological polar surface area (TPSA) is 126 Å². The lowest BCUT2D eigenvalue weighted by Gasteiger charge is -2.21. The van der Waals surface area contributed by atoms with E-state index in [0.29, 0.717) is 16.7 Å². The Morgan fingerprint density at radius 2 is 1.79 bits per heavy atom. The van der Waals surface area contributed by atoms with E-state index in [2.05, 4.69) is 16.9 Å². The molecular weight excluding hydrogens is 570 g/mol. The number of fused-ring (bicyclic) bond motifs is 1. The summed E-state index contributed by atoms with van der Waals surface area (Å²) in [4.78, 5) is 29.0. The van der Waals surface area contributed by atoms with E-state index < -0.39 is 33.6 Å². The summed E-state index contributed by atoms with van der Waals surface area (Å²) in [6, 6.07) is 8.26. The van der Waals surface area contributed by atoms with E-state index in [1.54, 1.807) is 70.2 Å². The molecule has 1 aromatic carbocycles. The van der Waals surface area contributed by atoms with Crippen LogP contribution in [0.15, 0.2) is 83.8 Å². The molecule has 0 aliphatic rings. The van der Waals surface area contributed by atoms with Gasteiger partial charge in [-0.05, 0) is 77.8 Å². The summed E-state index contributed by atoms with van der Waals surface area (Å²) in [7, 11) is -2.60. The molecule has 1 N–H and O–H groups in total. The number of aryl methyl sites for hydroxylation is 2. The average molecular weight is 610 g/mol. The second-order valence-electron chi connectivity index (χ2n) is 11.0. The molecule has 0 saturated heterocycles. The third kappa shape index (κ3) is 8.57. The fraction of sp³-hybridized carbons (Fsp3) is 0.344. The van der Waals surface area contributed by atoms with Gasteiger partial charge in [-0.25, -0.2) is 22.2 Å². The molecule has 11 heteroatoms. The Balaban J connectivity index is 1.77. The maximum atomic E-state index is 13.4. The van der Waals surface area contributed by atoms with Crippen LogP contribution in [0.1, 0.15) is 45.2 Å². The lowest BCUT2D eigenvalue weighted by molar-refractivity contribution is -0.145. The number of alkyl carbamates (subject to hydrolysis) is 1. The first-order valence-corrected chi connectivity index (χ1v) is 15.1. The standard InChI is InChI=1S/C32H39N3O7S/c1-9-24(18-25(30(36)40-8)19-34-31(37)42-32(5,6)7)13-12-23(4)41-27-16-17-33-29-28(27)22(3)20-35(29)43(38,39)26-14-10-21(2)11-15-26/h9-17,20,25H,4,18-19H2,1-3,5-8H3,(H,34,37)/b13-12-,24-9+. The SMILES string of the molecule is C=C(/C=C\C(=C/C)CC(CNC(=O)OC(C)(C)C)C(=O)OC)Oc1ccnc2c1c(C)cn2S(=O)(=O)c1ccc(C)cc1. The molecule has 3 aromatic rings. The van der Waals surface area contributed by atoms with Gasteiger partial charge in [-0.15, -0.1) is 0 Å². The van der Waals surface area contributed by atoms with Gasteiger partial charge in [-0.1, -0.05) is 42.0 Å². The summed E-state index contributed by atoms with van der Waals surface area (Å²) >= 11 is 0. The molecule has 230 valence electrons. The monoisotopic (exact) mass is 609 g/mol. The first-order chi connectivity index (χ1) is 20.2. The van der Waals surface area contributed by atoms with Crippen molar-refractivity contribution in [2.24, 2.45) is 5.92 Å². The zero-order valence-corrected chi connectivity index (χ0v) is 26.4. The zero-order chi connectivity index (χ0) is 31.9. The Morgan fingerprint density at radius 3 is 2.40 bits per heavy atom. The third-order valence-electron chi connectivity index (χ3n) is 6.39. The van der Waals surface area contributed by atoms with Gasteiger partial charge < -0.3 is 19.5 Å². The number of nitrogens with zero attached hydrogens (tertiary/aromatic N) is 2. The largest absolute Gasteiger partial charge is 0.469 e. The number of hydrogen-bond donors (Lipinski definition) is 1. The van der Waals surface area contributed by atoms with E-state index in [1.807, 2.05) is 19.9 Å². The van der Waals surface area contributed by atoms with Crippen LogP contribution in [0, 0.1) is 19.8 Å². The highest BCUT2D eigenvalue weighted by molar-refractivity contribution is 7.90. The first-order valence-electron chi connectivity index (χ1n) is 13.7. The summed E-state index contributed by atoms with van der Waals surface area (Å²) in [5.41, 5.74) is 1.96. The average Bonchev–Trinajstić information content (AvgIpc) is 3.29. The van der Waals surface area contributed by atoms with Crippen LogP contribution < -0.4 is 10.1 Å². The molecule has 2 aromatic heterocycles. The number of hydrogen-bond acceptors (Lipinski definition) is 8. The van der Waals surface area contributed by atoms with E-state index in [-0.39, 0.29) is 29.3 Å². The predicted octanol–water partition coefficient (Wildman–Crippen LogP) is 5.99. The van der Waals surface area contributed by atoms with Crippen LogP contribution in [0.3, 0.4) is 0 Å². The van der Waals surface area contributed by atoms with Crippen LogP contribution in [0.4, 0.5) is 4.79 Å². The van der Waals surface area contributed by atoms with Crippen molar-refractivity contribution in [2.75, 3.05) is 13.7 Å². The highest BCUT2D eigenvalue weighted by Crippen LogP contribution is 2.32. The maximum absolute atomic E-state index is 13.4. The molecule has 0 bridgehead atoms. The summed E-state index contributed by atoms with van der Waals surface area (Å²) in [6.45, 7) is 14.8. The maximum Gasteiger partial charge on any atom is 0.407 e. The van der Waals surface area contributed by atoms with Gasteiger partial charge in [0.15, 0.2) is 5.65 Å². The Bertz CT molecular complexity index is 1660. The second kappa shape index (κ2) is 13.7. The quantitative estimate of drug-likeness (QED) is 0.160. The van der Waals surface area contributed by atoms with Crippen LogP contribution in [0.5, 0.6) is 5.75 Å². The molecule has 1 atom stereocenters. The number of esters is 1. The van der Waals surface area contributed by atoms with Gasteiger partial charge in [0.05, 0.1) is 23.3 Å². The Kier molecular flexibility index (Phi) is 10.6. The summed E-state index contributed by atoms with van der Waals surface area (Å²) in [5.74, 6) is -0.452. The number of ether oxygens (including phenoxy) is 3. The Hall–Kier alpha value is -4.38. The van der Waals surface area contributed by atoms with Crippen molar-refractivity contribution < 1.29 is 32.2 Å². The van der Waals surface area contributed by atoms with E-state index in [4.69, 9.17) is 14.2 Å². The normalized spacial score (nSPS) is 13.1. The molecule has 0 fully saturated rings. The summed E-state index contributed by atoms with van der Waals surface area (Å²) in [5, 5.41) is 3.16. The number of benzene rings is 1. The van der Waals surface area contributed by atoms with Crippen molar-refractivity contribution in [2.45, 2.75) is 58.5 Å². The Labute approximate surface area is 253 Å². The van der Waals surface area contributed by atoms with E-state index >= 15 is 0 Å². The molecule has 43 heavy (non-hydrogen) atoms. The number of pyridine rings is 1. The van der Waals surface area contributed by atoms with Crippen molar-refractivity contribution in [3.63, 3.8) is 0 Å². The molecule has 1 unspecified atom stereocenters. The van der Waals surface area contributed by atoms with Crippen LogP contribution in [-0.2, 0) is 24.3 Å². The second-order valence-corrected chi connectivity index (χ2v) is 12.8. The lowest BCUT2D eigenvalue weighted by atomic mass is 9.98. The van der Waals surface area contributed by atoms with Gasteiger partial charge in [0.2, 0.25) is 0 Å². The highest BCUT2D eigenvalue weighted by Gasteiger charge is 2.24. The van der Waals surface area contributed by atoms with Crippen LogP contribution >= 0.6 is 0 Å². The van der Waals surface area contributed by atoms with Gasteiger partial charge in [-0.2, -0.15) is 0 Å².